The van der Waals surface area contributed by atoms with Gasteiger partial charge in [-0.15, -0.1) is 0 Å². The van der Waals surface area contributed by atoms with E-state index >= 15 is 0 Å². The average molecular weight is 424 g/mol. The number of aromatic nitrogens is 2. The Morgan fingerprint density at radius 1 is 1.17 bits per heavy atom. The largest absolute Gasteiger partial charge is 0.395 e. The van der Waals surface area contributed by atoms with E-state index in [1.54, 1.807) is 6.07 Å². The molecule has 0 amide bonds. The highest BCUT2D eigenvalue weighted by atomic mass is 79.9. The van der Waals surface area contributed by atoms with Gasteiger partial charge in [-0.1, -0.05) is 45.2 Å². The van der Waals surface area contributed by atoms with Crippen LogP contribution in [-0.2, 0) is 13.0 Å². The molecule has 122 valence electrons. The first-order valence-electron chi connectivity index (χ1n) is 7.52. The first-order chi connectivity index (χ1) is 11.6. The number of aliphatic hydroxyl groups is 1. The molecular weight excluding hydrogens is 411 g/mol. The maximum Gasteiger partial charge on any atom is 0.137 e. The maximum atomic E-state index is 9.47. The Morgan fingerprint density at radius 3 is 2.75 bits per heavy atom. The van der Waals surface area contributed by atoms with Crippen molar-refractivity contribution in [3.05, 3.63) is 61.8 Å². The van der Waals surface area contributed by atoms with Gasteiger partial charge in [-0.05, 0) is 41.5 Å². The lowest BCUT2D eigenvalue weighted by Gasteiger charge is -2.08. The number of nitrogens with zero attached hydrogens (tertiary/aromatic N) is 2. The standard InChI is InChI=1S/C18H13BrCl2N2O/c19-13-2-1-10-5-12(6-11(10)7-13)18-22-16-8-14(20)15(21)9-17(16)23(18)3-4-24/h1-2,5,7-9,24H,3-4,6H2. The Labute approximate surface area is 157 Å². The number of imidazole rings is 1. The highest BCUT2D eigenvalue weighted by Crippen LogP contribution is 2.35. The molecule has 0 atom stereocenters. The molecule has 0 aliphatic heterocycles. The van der Waals surface area contributed by atoms with Gasteiger partial charge in [-0.3, -0.25) is 0 Å². The number of halogens is 3. The van der Waals surface area contributed by atoms with Crippen molar-refractivity contribution >= 4 is 61.8 Å². The third-order valence-corrected chi connectivity index (χ3v) is 5.43. The predicted octanol–water partition coefficient (Wildman–Crippen LogP) is 5.19. The number of hydrogen-bond acceptors (Lipinski definition) is 2. The van der Waals surface area contributed by atoms with E-state index in [1.807, 2.05) is 16.7 Å². The lowest BCUT2D eigenvalue weighted by molar-refractivity contribution is 0.277. The van der Waals surface area contributed by atoms with Crippen molar-refractivity contribution in [3.8, 4) is 0 Å². The van der Waals surface area contributed by atoms with Crippen LogP contribution in [0.15, 0.2) is 34.8 Å². The third kappa shape index (κ3) is 2.68. The SMILES string of the molecule is OCCn1c(C2=Cc3ccc(Br)cc3C2)nc2cc(Cl)c(Cl)cc21. The van der Waals surface area contributed by atoms with Crippen molar-refractivity contribution in [2.24, 2.45) is 0 Å². The van der Waals surface area contributed by atoms with Crippen LogP contribution < -0.4 is 0 Å². The van der Waals surface area contributed by atoms with E-state index in [9.17, 15) is 5.11 Å². The van der Waals surface area contributed by atoms with Crippen molar-refractivity contribution < 1.29 is 5.11 Å². The molecule has 1 aliphatic carbocycles. The van der Waals surface area contributed by atoms with Crippen LogP contribution in [0, 0.1) is 0 Å². The smallest absolute Gasteiger partial charge is 0.137 e. The zero-order chi connectivity index (χ0) is 16.8. The Hall–Kier alpha value is -1.33. The van der Waals surface area contributed by atoms with E-state index in [4.69, 9.17) is 28.2 Å². The summed E-state index contributed by atoms with van der Waals surface area (Å²) in [4.78, 5) is 4.75. The molecule has 1 heterocycles. The number of rotatable bonds is 3. The van der Waals surface area contributed by atoms with Crippen molar-refractivity contribution in [2.75, 3.05) is 6.61 Å². The summed E-state index contributed by atoms with van der Waals surface area (Å²) in [5, 5.41) is 10.4. The predicted molar refractivity (Wildman–Crippen MR) is 103 cm³/mol. The van der Waals surface area contributed by atoms with Gasteiger partial charge in [0.15, 0.2) is 0 Å². The van der Waals surface area contributed by atoms with Gasteiger partial charge in [-0.25, -0.2) is 4.98 Å². The Morgan fingerprint density at radius 2 is 1.96 bits per heavy atom. The second kappa shape index (κ2) is 6.19. The monoisotopic (exact) mass is 422 g/mol. The van der Waals surface area contributed by atoms with E-state index in [2.05, 4.69) is 34.1 Å². The summed E-state index contributed by atoms with van der Waals surface area (Å²) in [7, 11) is 0. The molecule has 1 aromatic heterocycles. The highest BCUT2D eigenvalue weighted by Gasteiger charge is 2.21. The maximum absolute atomic E-state index is 9.47. The van der Waals surface area contributed by atoms with Crippen LogP contribution in [0.4, 0.5) is 0 Å². The summed E-state index contributed by atoms with van der Waals surface area (Å²) in [6.45, 7) is 0.492. The van der Waals surface area contributed by atoms with Gasteiger partial charge in [0.05, 0.1) is 27.7 Å². The molecule has 1 N–H and O–H groups in total. The molecule has 0 fully saturated rings. The number of allylic oxidation sites excluding steroid dienone is 1. The summed E-state index contributed by atoms with van der Waals surface area (Å²) < 4.78 is 3.07. The van der Waals surface area contributed by atoms with Gasteiger partial charge >= 0.3 is 0 Å². The molecule has 0 spiro atoms. The zero-order valence-corrected chi connectivity index (χ0v) is 15.7. The third-order valence-electron chi connectivity index (χ3n) is 4.22. The summed E-state index contributed by atoms with van der Waals surface area (Å²) in [5.41, 5.74) is 5.25. The van der Waals surface area contributed by atoms with Crippen LogP contribution in [0.25, 0.3) is 22.7 Å². The molecule has 0 saturated heterocycles. The molecule has 0 unspecified atom stereocenters. The molecule has 0 saturated carbocycles. The Kier molecular flexibility index (Phi) is 4.17. The summed E-state index contributed by atoms with van der Waals surface area (Å²) >= 11 is 15.8. The minimum absolute atomic E-state index is 0.0322. The molecule has 2 aromatic carbocycles. The normalized spacial score (nSPS) is 13.4. The van der Waals surface area contributed by atoms with Crippen LogP contribution in [0.1, 0.15) is 17.0 Å². The minimum Gasteiger partial charge on any atom is -0.395 e. The van der Waals surface area contributed by atoms with Crippen molar-refractivity contribution in [2.45, 2.75) is 13.0 Å². The summed E-state index contributed by atoms with van der Waals surface area (Å²) in [5.74, 6) is 0.852. The van der Waals surface area contributed by atoms with Crippen LogP contribution >= 0.6 is 39.1 Å². The van der Waals surface area contributed by atoms with Crippen molar-refractivity contribution in [3.63, 3.8) is 0 Å². The summed E-state index contributed by atoms with van der Waals surface area (Å²) in [6, 6.07) is 9.85. The highest BCUT2D eigenvalue weighted by molar-refractivity contribution is 9.10. The average Bonchev–Trinajstić information content (AvgIpc) is 3.10. The van der Waals surface area contributed by atoms with Crippen LogP contribution in [0.5, 0.6) is 0 Å². The molecule has 4 rings (SSSR count). The van der Waals surface area contributed by atoms with Crippen LogP contribution in [0.2, 0.25) is 10.0 Å². The van der Waals surface area contributed by atoms with E-state index in [0.29, 0.717) is 16.6 Å². The molecule has 0 radical (unpaired) electrons. The topological polar surface area (TPSA) is 38.0 Å². The zero-order valence-electron chi connectivity index (χ0n) is 12.6. The van der Waals surface area contributed by atoms with E-state index in [1.165, 1.54) is 11.1 Å². The van der Waals surface area contributed by atoms with Gasteiger partial charge in [0.2, 0.25) is 0 Å². The van der Waals surface area contributed by atoms with Crippen LogP contribution in [-0.4, -0.2) is 21.3 Å². The molecule has 24 heavy (non-hydrogen) atoms. The number of aliphatic hydroxyl groups excluding tert-OH is 1. The number of hydrogen-bond donors (Lipinski definition) is 1. The number of fused-ring (bicyclic) bond motifs is 2. The Balaban J connectivity index is 1.87. The van der Waals surface area contributed by atoms with E-state index < -0.39 is 0 Å². The fraction of sp³-hybridized carbons (Fsp3) is 0.167. The Bertz CT molecular complexity index is 994. The molecular formula is C18H13BrCl2N2O. The van der Waals surface area contributed by atoms with Gasteiger partial charge < -0.3 is 9.67 Å². The summed E-state index contributed by atoms with van der Waals surface area (Å²) in [6.07, 6.45) is 2.96. The number of benzene rings is 2. The molecule has 3 nitrogen and oxygen atoms in total. The second-order valence-corrected chi connectivity index (χ2v) is 7.49. The lowest BCUT2D eigenvalue weighted by Crippen LogP contribution is -2.06. The van der Waals surface area contributed by atoms with Gasteiger partial charge in [0.1, 0.15) is 5.82 Å². The molecule has 0 bridgehead atoms. The van der Waals surface area contributed by atoms with Gasteiger partial charge in [0.25, 0.3) is 0 Å². The van der Waals surface area contributed by atoms with Crippen LogP contribution in [0.3, 0.4) is 0 Å². The van der Waals surface area contributed by atoms with E-state index in [-0.39, 0.29) is 6.61 Å². The van der Waals surface area contributed by atoms with Crippen molar-refractivity contribution in [1.82, 2.24) is 9.55 Å². The fourth-order valence-corrected chi connectivity index (χ4v) is 3.87. The first-order valence-corrected chi connectivity index (χ1v) is 9.07. The molecule has 3 aromatic rings. The van der Waals surface area contributed by atoms with Crippen molar-refractivity contribution in [1.29, 1.82) is 0 Å². The van der Waals surface area contributed by atoms with E-state index in [0.717, 1.165) is 33.3 Å². The van der Waals surface area contributed by atoms with Gasteiger partial charge in [-0.2, -0.15) is 0 Å². The second-order valence-electron chi connectivity index (χ2n) is 5.76. The lowest BCUT2D eigenvalue weighted by atomic mass is 10.1. The molecule has 1 aliphatic rings. The van der Waals surface area contributed by atoms with Gasteiger partial charge in [0, 0.05) is 23.0 Å². The quantitative estimate of drug-likeness (QED) is 0.629. The molecule has 6 heteroatoms. The fourth-order valence-electron chi connectivity index (χ4n) is 3.15. The first kappa shape index (κ1) is 16.2. The minimum atomic E-state index is 0.0322.